The maximum Gasteiger partial charge on any atom is 0.508 e. The fourth-order valence-electron chi connectivity index (χ4n) is 1.20. The van der Waals surface area contributed by atoms with Gasteiger partial charge in [-0.25, -0.2) is 4.79 Å². The van der Waals surface area contributed by atoms with Crippen LogP contribution in [0, 0.1) is 0 Å². The molecule has 1 N–H and O–H groups in total. The van der Waals surface area contributed by atoms with E-state index in [0.29, 0.717) is 0 Å². The average Bonchev–Trinajstić information content (AvgIpc) is 2.52. The first-order valence-corrected chi connectivity index (χ1v) is 4.81. The first-order chi connectivity index (χ1) is 6.72. The number of hydrogen-bond acceptors (Lipinski definition) is 5. The summed E-state index contributed by atoms with van der Waals surface area (Å²) in [6, 6.07) is 0. The minimum atomic E-state index is -0.646. The van der Waals surface area contributed by atoms with E-state index in [1.807, 2.05) is 6.92 Å². The van der Waals surface area contributed by atoms with Crippen LogP contribution in [-0.2, 0) is 14.2 Å². The molecule has 1 fully saturated rings. The number of aliphatic hydroxyl groups excluding tert-OH is 1. The second-order valence-corrected chi connectivity index (χ2v) is 3.28. The standard InChI is InChI=1S/C9H16O5/c1-2-3-7(10)4-12-5-8-6-13-9(11)14-8/h7-8,10H,2-6H2,1H3. The quantitative estimate of drug-likeness (QED) is 0.645. The summed E-state index contributed by atoms with van der Waals surface area (Å²) in [5, 5.41) is 9.31. The van der Waals surface area contributed by atoms with Crippen LogP contribution >= 0.6 is 0 Å². The summed E-state index contributed by atoms with van der Waals surface area (Å²) in [6.45, 7) is 2.80. The van der Waals surface area contributed by atoms with Crippen LogP contribution < -0.4 is 0 Å². The van der Waals surface area contributed by atoms with Crippen molar-refractivity contribution >= 4 is 6.16 Å². The number of rotatable bonds is 6. The van der Waals surface area contributed by atoms with Crippen LogP contribution in [0.25, 0.3) is 0 Å². The van der Waals surface area contributed by atoms with Gasteiger partial charge in [0.25, 0.3) is 0 Å². The monoisotopic (exact) mass is 204 g/mol. The van der Waals surface area contributed by atoms with Crippen LogP contribution in [0.3, 0.4) is 0 Å². The lowest BCUT2D eigenvalue weighted by Crippen LogP contribution is -2.22. The SMILES string of the molecule is CCCC(O)COCC1COC(=O)O1. The van der Waals surface area contributed by atoms with Gasteiger partial charge in [-0.05, 0) is 6.42 Å². The summed E-state index contributed by atoms with van der Waals surface area (Å²) >= 11 is 0. The van der Waals surface area contributed by atoms with Gasteiger partial charge in [-0.3, -0.25) is 0 Å². The Kier molecular flexibility index (Phi) is 4.69. The van der Waals surface area contributed by atoms with Crippen LogP contribution in [0.4, 0.5) is 4.79 Å². The van der Waals surface area contributed by atoms with E-state index < -0.39 is 12.3 Å². The highest BCUT2D eigenvalue weighted by Gasteiger charge is 2.24. The van der Waals surface area contributed by atoms with Crippen molar-refractivity contribution in [2.45, 2.75) is 32.0 Å². The van der Waals surface area contributed by atoms with Crippen LogP contribution in [0.5, 0.6) is 0 Å². The van der Waals surface area contributed by atoms with Crippen molar-refractivity contribution < 1.29 is 24.1 Å². The Morgan fingerprint density at radius 3 is 3.07 bits per heavy atom. The predicted molar refractivity (Wildman–Crippen MR) is 48.0 cm³/mol. The molecular weight excluding hydrogens is 188 g/mol. The first-order valence-electron chi connectivity index (χ1n) is 4.81. The summed E-state index contributed by atoms with van der Waals surface area (Å²) in [7, 11) is 0. The summed E-state index contributed by atoms with van der Waals surface area (Å²) < 4.78 is 14.5. The summed E-state index contributed by atoms with van der Waals surface area (Å²) in [4.78, 5) is 10.5. The normalized spacial score (nSPS) is 23.0. The molecule has 1 aliphatic heterocycles. The summed E-state index contributed by atoms with van der Waals surface area (Å²) in [6.07, 6.45) is 0.245. The van der Waals surface area contributed by atoms with Gasteiger partial charge in [0.2, 0.25) is 0 Å². The van der Waals surface area contributed by atoms with Crippen molar-refractivity contribution in [1.29, 1.82) is 0 Å². The Hall–Kier alpha value is -0.810. The van der Waals surface area contributed by atoms with Crippen molar-refractivity contribution in [3.05, 3.63) is 0 Å². The zero-order chi connectivity index (χ0) is 10.4. The molecule has 0 aliphatic carbocycles. The summed E-state index contributed by atoms with van der Waals surface area (Å²) in [5.74, 6) is 0. The molecule has 0 bridgehead atoms. The first kappa shape index (κ1) is 11.3. The van der Waals surface area contributed by atoms with E-state index in [-0.39, 0.29) is 25.9 Å². The minimum Gasteiger partial charge on any atom is -0.430 e. The van der Waals surface area contributed by atoms with Gasteiger partial charge in [0, 0.05) is 0 Å². The lowest BCUT2D eigenvalue weighted by molar-refractivity contribution is -0.00275. The van der Waals surface area contributed by atoms with Gasteiger partial charge in [-0.1, -0.05) is 13.3 Å². The molecule has 5 heteroatoms. The van der Waals surface area contributed by atoms with E-state index in [0.717, 1.165) is 12.8 Å². The van der Waals surface area contributed by atoms with Crippen LogP contribution in [0.15, 0.2) is 0 Å². The summed E-state index contributed by atoms with van der Waals surface area (Å²) in [5.41, 5.74) is 0. The molecule has 82 valence electrons. The zero-order valence-electron chi connectivity index (χ0n) is 8.27. The van der Waals surface area contributed by atoms with Crippen molar-refractivity contribution in [2.24, 2.45) is 0 Å². The number of aliphatic hydroxyl groups is 1. The Morgan fingerprint density at radius 1 is 1.71 bits per heavy atom. The highest BCUT2D eigenvalue weighted by Crippen LogP contribution is 2.06. The molecule has 0 saturated carbocycles. The molecular formula is C9H16O5. The molecule has 1 saturated heterocycles. The number of hydrogen-bond donors (Lipinski definition) is 1. The zero-order valence-corrected chi connectivity index (χ0v) is 8.27. The highest BCUT2D eigenvalue weighted by molar-refractivity contribution is 5.61. The maximum atomic E-state index is 10.5. The predicted octanol–water partition coefficient (Wildman–Crippen LogP) is 0.699. The van der Waals surface area contributed by atoms with Gasteiger partial charge in [0.15, 0.2) is 6.10 Å². The largest absolute Gasteiger partial charge is 0.508 e. The van der Waals surface area contributed by atoms with E-state index in [4.69, 9.17) is 9.47 Å². The van der Waals surface area contributed by atoms with Crippen molar-refractivity contribution in [3.63, 3.8) is 0 Å². The van der Waals surface area contributed by atoms with Gasteiger partial charge in [0.05, 0.1) is 19.3 Å². The van der Waals surface area contributed by atoms with E-state index >= 15 is 0 Å². The molecule has 2 atom stereocenters. The van der Waals surface area contributed by atoms with Gasteiger partial charge in [-0.2, -0.15) is 0 Å². The fraction of sp³-hybridized carbons (Fsp3) is 0.889. The van der Waals surface area contributed by atoms with Crippen LogP contribution in [-0.4, -0.2) is 43.3 Å². The molecule has 1 aliphatic rings. The van der Waals surface area contributed by atoms with E-state index in [1.54, 1.807) is 0 Å². The average molecular weight is 204 g/mol. The van der Waals surface area contributed by atoms with Crippen LogP contribution in [0.1, 0.15) is 19.8 Å². The maximum absolute atomic E-state index is 10.5. The fourth-order valence-corrected chi connectivity index (χ4v) is 1.20. The molecule has 1 heterocycles. The molecule has 0 aromatic rings. The molecule has 0 radical (unpaired) electrons. The van der Waals surface area contributed by atoms with Gasteiger partial charge in [0.1, 0.15) is 6.61 Å². The van der Waals surface area contributed by atoms with E-state index in [2.05, 4.69) is 4.74 Å². The van der Waals surface area contributed by atoms with Crippen molar-refractivity contribution in [2.75, 3.05) is 19.8 Å². The molecule has 5 nitrogen and oxygen atoms in total. The highest BCUT2D eigenvalue weighted by atomic mass is 16.8. The molecule has 14 heavy (non-hydrogen) atoms. The molecule has 0 amide bonds. The van der Waals surface area contributed by atoms with Crippen molar-refractivity contribution in [3.8, 4) is 0 Å². The Morgan fingerprint density at radius 2 is 2.50 bits per heavy atom. The van der Waals surface area contributed by atoms with Crippen LogP contribution in [0.2, 0.25) is 0 Å². The molecule has 2 unspecified atom stereocenters. The molecule has 0 aromatic heterocycles. The molecule has 1 rings (SSSR count). The third kappa shape index (κ3) is 3.93. The molecule has 0 spiro atoms. The Balaban J connectivity index is 2.01. The topological polar surface area (TPSA) is 65.0 Å². The smallest absolute Gasteiger partial charge is 0.430 e. The second kappa shape index (κ2) is 5.82. The van der Waals surface area contributed by atoms with Gasteiger partial charge < -0.3 is 19.3 Å². The minimum absolute atomic E-state index is 0.239. The number of ether oxygens (including phenoxy) is 3. The third-order valence-electron chi connectivity index (χ3n) is 1.89. The van der Waals surface area contributed by atoms with Gasteiger partial charge in [-0.15, -0.1) is 0 Å². The van der Waals surface area contributed by atoms with Gasteiger partial charge >= 0.3 is 6.16 Å². The molecule has 0 aromatic carbocycles. The number of carbonyl (C=O) groups is 1. The lowest BCUT2D eigenvalue weighted by Gasteiger charge is -2.11. The number of carbonyl (C=O) groups excluding carboxylic acids is 1. The number of cyclic esters (lactones) is 2. The third-order valence-corrected chi connectivity index (χ3v) is 1.89. The van der Waals surface area contributed by atoms with Crippen molar-refractivity contribution in [1.82, 2.24) is 0 Å². The van der Waals surface area contributed by atoms with E-state index in [1.165, 1.54) is 0 Å². The Labute approximate surface area is 82.9 Å². The second-order valence-electron chi connectivity index (χ2n) is 3.28. The lowest BCUT2D eigenvalue weighted by atomic mass is 10.2. The van der Waals surface area contributed by atoms with E-state index in [9.17, 15) is 9.90 Å². The Bertz CT molecular complexity index is 182.